The number of fused-ring (bicyclic) bond motifs is 2. The molecule has 3 heterocycles. The van der Waals surface area contributed by atoms with E-state index in [2.05, 4.69) is 10.3 Å². The average Bonchev–Trinajstić information content (AvgIpc) is 3.65. The Morgan fingerprint density at radius 2 is 1.84 bits per heavy atom. The normalized spacial score (nSPS) is 18.8. The molecule has 2 aliphatic rings. The van der Waals surface area contributed by atoms with Crippen LogP contribution in [0, 0.1) is 19.7 Å². The van der Waals surface area contributed by atoms with Crippen LogP contribution in [0.15, 0.2) is 48.5 Å². The molecule has 0 saturated heterocycles. The summed E-state index contributed by atoms with van der Waals surface area (Å²) >= 11 is 0. The number of hydrogen-bond donors (Lipinski definition) is 2. The lowest BCUT2D eigenvalue weighted by Gasteiger charge is -2.25. The molecule has 8 nitrogen and oxygen atoms in total. The van der Waals surface area contributed by atoms with E-state index in [9.17, 15) is 14.0 Å². The van der Waals surface area contributed by atoms with E-state index in [4.69, 9.17) is 20.2 Å². The number of ether oxygens (including phenoxy) is 2. The lowest BCUT2D eigenvalue weighted by Crippen LogP contribution is -2.34. The second-order valence-electron chi connectivity index (χ2n) is 12.2. The number of nitrogens with zero attached hydrogens (tertiary/aromatic N) is 2. The first kappa shape index (κ1) is 29.5. The fraction of sp³-hybridized carbons (Fsp3) is 0.353. The molecule has 2 atom stereocenters. The number of rotatable bonds is 9. The molecule has 0 spiro atoms. The summed E-state index contributed by atoms with van der Waals surface area (Å²) in [6, 6.07) is 12.9. The van der Waals surface area contributed by atoms with Crippen molar-refractivity contribution in [3.05, 3.63) is 82.4 Å². The first-order valence-corrected chi connectivity index (χ1v) is 14.6. The number of benzene rings is 2. The predicted octanol–water partition coefficient (Wildman–Crippen LogP) is 5.60. The van der Waals surface area contributed by atoms with Crippen LogP contribution < -0.4 is 20.5 Å². The number of amides is 2. The molecule has 1 aliphatic heterocycles. The third kappa shape index (κ3) is 5.33. The maximum absolute atomic E-state index is 16.1. The summed E-state index contributed by atoms with van der Waals surface area (Å²) in [6.07, 6.45) is 0.662. The second-order valence-corrected chi connectivity index (χ2v) is 12.2. The number of carbonyl (C=O) groups is 2. The second kappa shape index (κ2) is 10.8. The monoisotopic (exact) mass is 600 g/mol. The third-order valence-corrected chi connectivity index (χ3v) is 8.84. The van der Waals surface area contributed by atoms with Gasteiger partial charge in [-0.05, 0) is 80.8 Å². The predicted molar refractivity (Wildman–Crippen MR) is 162 cm³/mol. The number of primary amides is 1. The molecule has 3 N–H and O–H groups in total. The number of hydrogen-bond acceptors (Lipinski definition) is 6. The van der Waals surface area contributed by atoms with E-state index in [0.717, 1.165) is 16.6 Å². The highest BCUT2D eigenvalue weighted by atomic mass is 19.1. The van der Waals surface area contributed by atoms with Crippen LogP contribution in [-0.2, 0) is 10.2 Å². The Bertz CT molecular complexity index is 1810. The fourth-order valence-corrected chi connectivity index (χ4v) is 6.03. The van der Waals surface area contributed by atoms with Crippen molar-refractivity contribution in [1.29, 1.82) is 0 Å². The van der Waals surface area contributed by atoms with Crippen molar-refractivity contribution in [2.75, 3.05) is 20.3 Å². The summed E-state index contributed by atoms with van der Waals surface area (Å²) in [4.78, 5) is 35.0. The van der Waals surface area contributed by atoms with Gasteiger partial charge in [0.2, 0.25) is 5.91 Å². The van der Waals surface area contributed by atoms with Crippen molar-refractivity contribution < 1.29 is 27.8 Å². The first-order chi connectivity index (χ1) is 20.9. The van der Waals surface area contributed by atoms with Crippen molar-refractivity contribution in [2.45, 2.75) is 57.0 Å². The van der Waals surface area contributed by atoms with Crippen LogP contribution in [0.2, 0.25) is 0 Å². The first-order valence-electron chi connectivity index (χ1n) is 14.6. The van der Waals surface area contributed by atoms with Crippen LogP contribution in [0.4, 0.5) is 8.78 Å². The number of halogens is 2. The minimum atomic E-state index is -1.58. The van der Waals surface area contributed by atoms with Gasteiger partial charge < -0.3 is 20.5 Å². The molecule has 2 aromatic heterocycles. The largest absolute Gasteiger partial charge is 0.494 e. The molecule has 2 amide bonds. The zero-order valence-electron chi connectivity index (χ0n) is 25.1. The zero-order chi connectivity index (χ0) is 31.4. The molecule has 0 radical (unpaired) electrons. The highest BCUT2D eigenvalue weighted by Gasteiger charge is 2.52. The Hall–Kier alpha value is -4.60. The fourth-order valence-electron chi connectivity index (χ4n) is 6.03. The Kier molecular flexibility index (Phi) is 7.26. The maximum atomic E-state index is 16.1. The summed E-state index contributed by atoms with van der Waals surface area (Å²) in [7, 11) is 1.53. The molecular weight excluding hydrogens is 566 g/mol. The van der Waals surface area contributed by atoms with E-state index in [-0.39, 0.29) is 25.5 Å². The van der Waals surface area contributed by atoms with Gasteiger partial charge in [0, 0.05) is 51.8 Å². The lowest BCUT2D eigenvalue weighted by molar-refractivity contribution is -0.119. The minimum Gasteiger partial charge on any atom is -0.494 e. The number of methoxy groups -OCH3 is 1. The molecule has 2 aromatic carbocycles. The molecule has 10 heteroatoms. The van der Waals surface area contributed by atoms with Crippen LogP contribution in [0.5, 0.6) is 11.5 Å². The summed E-state index contributed by atoms with van der Waals surface area (Å²) in [5, 5.41) is 3.68. The molecule has 1 saturated carbocycles. The minimum absolute atomic E-state index is 0.0200. The van der Waals surface area contributed by atoms with Gasteiger partial charge in [0.25, 0.3) is 5.91 Å². The van der Waals surface area contributed by atoms with E-state index in [1.807, 2.05) is 26.8 Å². The summed E-state index contributed by atoms with van der Waals surface area (Å²) in [6.45, 7) is 5.89. The number of pyridine rings is 2. The lowest BCUT2D eigenvalue weighted by atomic mass is 9.79. The smallest absolute Gasteiger partial charge is 0.251 e. The van der Waals surface area contributed by atoms with Crippen LogP contribution >= 0.6 is 0 Å². The number of nitrogens with one attached hydrogen (secondary N) is 1. The molecule has 44 heavy (non-hydrogen) atoms. The van der Waals surface area contributed by atoms with Gasteiger partial charge in [-0.15, -0.1) is 0 Å². The zero-order valence-corrected chi connectivity index (χ0v) is 25.1. The van der Waals surface area contributed by atoms with Gasteiger partial charge in [-0.1, -0.05) is 6.92 Å². The number of alkyl halides is 1. The van der Waals surface area contributed by atoms with Crippen LogP contribution in [0.3, 0.4) is 0 Å². The Morgan fingerprint density at radius 3 is 2.50 bits per heavy atom. The molecule has 228 valence electrons. The van der Waals surface area contributed by atoms with Gasteiger partial charge in [0.1, 0.15) is 34.2 Å². The van der Waals surface area contributed by atoms with Crippen molar-refractivity contribution in [3.63, 3.8) is 0 Å². The topological polar surface area (TPSA) is 116 Å². The highest BCUT2D eigenvalue weighted by Crippen LogP contribution is 2.53. The van der Waals surface area contributed by atoms with Gasteiger partial charge in [-0.25, -0.2) is 18.7 Å². The third-order valence-electron chi connectivity index (χ3n) is 8.84. The Balaban J connectivity index is 1.38. The SMILES string of the molecule is COc1cc(C(=O)NC[C@H](c2cc3c(c(-c4ccc(F)cc4)n2)OC[C@]3(C)CC(N)=O)C2(F)CC2)cc2cc(C)c(C)nc12. The van der Waals surface area contributed by atoms with Gasteiger partial charge in [-0.2, -0.15) is 0 Å². The van der Waals surface area contributed by atoms with Crippen molar-refractivity contribution in [3.8, 4) is 22.8 Å². The van der Waals surface area contributed by atoms with Gasteiger partial charge >= 0.3 is 0 Å². The average molecular weight is 601 g/mol. The van der Waals surface area contributed by atoms with Gasteiger partial charge in [0.15, 0.2) is 0 Å². The molecule has 6 rings (SSSR count). The quantitative estimate of drug-likeness (QED) is 0.258. The van der Waals surface area contributed by atoms with Crippen molar-refractivity contribution >= 4 is 22.7 Å². The van der Waals surface area contributed by atoms with E-state index in [0.29, 0.717) is 57.9 Å². The molecule has 0 bridgehead atoms. The highest BCUT2D eigenvalue weighted by molar-refractivity contribution is 6.00. The number of carbonyl (C=O) groups excluding carboxylic acids is 2. The maximum Gasteiger partial charge on any atom is 0.251 e. The van der Waals surface area contributed by atoms with E-state index >= 15 is 4.39 Å². The molecular formula is C34H34F2N4O4. The van der Waals surface area contributed by atoms with Crippen LogP contribution in [-0.4, -0.2) is 47.7 Å². The number of aryl methyl sites for hydroxylation is 2. The summed E-state index contributed by atoms with van der Waals surface area (Å²) in [5.41, 5.74) is 8.22. The molecule has 1 aliphatic carbocycles. The number of nitrogens with two attached hydrogens (primary N) is 1. The van der Waals surface area contributed by atoms with Gasteiger partial charge in [0.05, 0.1) is 19.6 Å². The van der Waals surface area contributed by atoms with Crippen LogP contribution in [0.25, 0.3) is 22.2 Å². The van der Waals surface area contributed by atoms with E-state index in [1.165, 1.54) is 19.2 Å². The van der Waals surface area contributed by atoms with Crippen molar-refractivity contribution in [1.82, 2.24) is 15.3 Å². The molecule has 4 aromatic rings. The van der Waals surface area contributed by atoms with Gasteiger partial charge in [-0.3, -0.25) is 9.59 Å². The summed E-state index contributed by atoms with van der Waals surface area (Å²) < 4.78 is 41.5. The standard InChI is InChI=1S/C34H34F2N4O4/c1-18-11-21-12-22(13-27(43-4)29(21)39-19(18)2)32(42)38-16-25(34(36)9-10-34)26-14-24-31(44-17-33(24,3)15-28(37)41)30(40-26)20-5-7-23(35)8-6-20/h5-8,11-14,25H,9-10,15-17H2,1-4H3,(H2,37,41)(H,38,42)/t25-,33+/m1/s1. The van der Waals surface area contributed by atoms with Crippen LogP contribution in [0.1, 0.15) is 65.0 Å². The van der Waals surface area contributed by atoms with Crippen molar-refractivity contribution in [2.24, 2.45) is 5.73 Å². The Morgan fingerprint density at radius 1 is 1.11 bits per heavy atom. The molecule has 0 unspecified atom stereocenters. The molecule has 1 fully saturated rings. The van der Waals surface area contributed by atoms with E-state index in [1.54, 1.807) is 30.3 Å². The summed E-state index contributed by atoms with van der Waals surface area (Å²) in [5.74, 6) is -1.16. The van der Waals surface area contributed by atoms with E-state index < -0.39 is 28.7 Å². The Labute approximate surface area is 254 Å². The number of aromatic nitrogens is 2.